The molecule has 0 aromatic carbocycles. The molecule has 0 aliphatic carbocycles. The SMILES string of the molecule is N#CC=C1SC=CS1. The van der Waals surface area contributed by atoms with Crippen LogP contribution in [0.5, 0.6) is 0 Å². The lowest BCUT2D eigenvalue weighted by Crippen LogP contribution is -1.53. The Hall–Kier alpha value is -0.330. The van der Waals surface area contributed by atoms with Gasteiger partial charge in [0.05, 0.1) is 10.3 Å². The molecule has 0 atom stereocenters. The summed E-state index contributed by atoms with van der Waals surface area (Å²) in [5.74, 6) is 0. The average Bonchev–Trinajstić information content (AvgIpc) is 2.19. The molecule has 0 aromatic heterocycles. The predicted molar refractivity (Wildman–Crippen MR) is 38.0 cm³/mol. The van der Waals surface area contributed by atoms with E-state index in [1.54, 1.807) is 29.6 Å². The zero-order valence-corrected chi connectivity index (χ0v) is 5.63. The number of nitriles is 1. The maximum Gasteiger partial charge on any atom is 0.0929 e. The van der Waals surface area contributed by atoms with E-state index in [-0.39, 0.29) is 0 Å². The maximum atomic E-state index is 8.15. The summed E-state index contributed by atoms with van der Waals surface area (Å²) in [6.45, 7) is 0. The van der Waals surface area contributed by atoms with Crippen molar-refractivity contribution in [1.82, 2.24) is 0 Å². The van der Waals surface area contributed by atoms with Crippen LogP contribution in [0.3, 0.4) is 0 Å². The van der Waals surface area contributed by atoms with Crippen molar-refractivity contribution in [3.8, 4) is 6.07 Å². The molecule has 0 unspecified atom stereocenters. The van der Waals surface area contributed by atoms with Crippen molar-refractivity contribution >= 4 is 23.5 Å². The van der Waals surface area contributed by atoms with Crippen LogP contribution in [-0.2, 0) is 0 Å². The maximum absolute atomic E-state index is 8.15. The molecule has 1 rings (SSSR count). The summed E-state index contributed by atoms with van der Waals surface area (Å²) in [5.41, 5.74) is 0. The second kappa shape index (κ2) is 2.85. The van der Waals surface area contributed by atoms with Crippen molar-refractivity contribution in [3.63, 3.8) is 0 Å². The van der Waals surface area contributed by atoms with Crippen LogP contribution < -0.4 is 0 Å². The molecule has 1 nitrogen and oxygen atoms in total. The Balaban J connectivity index is 2.54. The first-order chi connectivity index (χ1) is 3.93. The van der Waals surface area contributed by atoms with Crippen LogP contribution >= 0.6 is 23.5 Å². The summed E-state index contributed by atoms with van der Waals surface area (Å²) in [7, 11) is 0. The molecule has 0 amide bonds. The first-order valence-corrected chi connectivity index (χ1v) is 3.77. The van der Waals surface area contributed by atoms with Crippen molar-refractivity contribution in [2.24, 2.45) is 0 Å². The molecule has 1 aliphatic heterocycles. The molecule has 0 aromatic rings. The first kappa shape index (κ1) is 5.80. The fourth-order valence-electron chi connectivity index (χ4n) is 0.338. The van der Waals surface area contributed by atoms with Crippen molar-refractivity contribution in [2.45, 2.75) is 0 Å². The zero-order valence-electron chi connectivity index (χ0n) is 4.00. The minimum absolute atomic E-state index is 1.06. The summed E-state index contributed by atoms with van der Waals surface area (Å²) in [6, 6.07) is 1.97. The summed E-state index contributed by atoms with van der Waals surface area (Å²) in [4.78, 5) is 0. The molecular weight excluding hydrogens is 138 g/mol. The van der Waals surface area contributed by atoms with Crippen LogP contribution in [-0.4, -0.2) is 0 Å². The Morgan fingerprint density at radius 3 is 2.62 bits per heavy atom. The molecule has 0 saturated heterocycles. The van der Waals surface area contributed by atoms with Gasteiger partial charge in [0, 0.05) is 6.08 Å². The zero-order chi connectivity index (χ0) is 5.82. The van der Waals surface area contributed by atoms with Gasteiger partial charge in [-0.25, -0.2) is 0 Å². The highest BCUT2D eigenvalue weighted by Gasteiger charge is 1.98. The van der Waals surface area contributed by atoms with Gasteiger partial charge in [0.25, 0.3) is 0 Å². The fourth-order valence-corrected chi connectivity index (χ4v) is 1.85. The standard InChI is InChI=1S/C5H3NS2/c6-2-1-5-7-3-4-8-5/h1,3-4H. The third-order valence-corrected chi connectivity index (χ3v) is 2.60. The quantitative estimate of drug-likeness (QED) is 0.484. The van der Waals surface area contributed by atoms with Crippen molar-refractivity contribution in [3.05, 3.63) is 21.1 Å². The van der Waals surface area contributed by atoms with Gasteiger partial charge in [0.15, 0.2) is 0 Å². The van der Waals surface area contributed by atoms with E-state index in [1.165, 1.54) is 0 Å². The highest BCUT2D eigenvalue weighted by atomic mass is 32.2. The van der Waals surface area contributed by atoms with E-state index in [2.05, 4.69) is 0 Å². The minimum atomic E-state index is 1.06. The topological polar surface area (TPSA) is 23.8 Å². The molecule has 1 aliphatic rings. The third-order valence-electron chi connectivity index (χ3n) is 0.606. The monoisotopic (exact) mass is 141 g/mol. The van der Waals surface area contributed by atoms with Crippen LogP contribution in [0, 0.1) is 11.3 Å². The van der Waals surface area contributed by atoms with Crippen LogP contribution in [0.25, 0.3) is 0 Å². The Morgan fingerprint density at radius 2 is 2.12 bits per heavy atom. The number of hydrogen-bond acceptors (Lipinski definition) is 3. The Morgan fingerprint density at radius 1 is 1.50 bits per heavy atom. The molecular formula is C5H3NS2. The highest BCUT2D eigenvalue weighted by molar-refractivity contribution is 8.27. The van der Waals surface area contributed by atoms with Gasteiger partial charge in [-0.2, -0.15) is 5.26 Å². The highest BCUT2D eigenvalue weighted by Crippen LogP contribution is 2.36. The lowest BCUT2D eigenvalue weighted by atomic mass is 10.7. The van der Waals surface area contributed by atoms with Crippen LogP contribution in [0.15, 0.2) is 21.1 Å². The van der Waals surface area contributed by atoms with Crippen LogP contribution in [0.1, 0.15) is 0 Å². The molecule has 0 saturated carbocycles. The van der Waals surface area contributed by atoms with Crippen LogP contribution in [0.2, 0.25) is 0 Å². The van der Waals surface area contributed by atoms with Crippen molar-refractivity contribution in [1.29, 1.82) is 5.26 Å². The van der Waals surface area contributed by atoms with E-state index in [4.69, 9.17) is 5.26 Å². The average molecular weight is 141 g/mol. The molecule has 1 heterocycles. The number of thioether (sulfide) groups is 2. The van der Waals surface area contributed by atoms with E-state index < -0.39 is 0 Å². The summed E-state index contributed by atoms with van der Waals surface area (Å²) >= 11 is 3.18. The Bertz CT molecular complexity index is 165. The van der Waals surface area contributed by atoms with Gasteiger partial charge >= 0.3 is 0 Å². The third kappa shape index (κ3) is 1.32. The van der Waals surface area contributed by atoms with Crippen molar-refractivity contribution < 1.29 is 0 Å². The molecule has 8 heavy (non-hydrogen) atoms. The molecule has 0 N–H and O–H groups in total. The second-order valence-electron chi connectivity index (χ2n) is 1.10. The summed E-state index contributed by atoms with van der Waals surface area (Å²) in [5, 5.41) is 12.1. The van der Waals surface area contributed by atoms with Gasteiger partial charge in [0.2, 0.25) is 0 Å². The number of nitrogens with zero attached hydrogens (tertiary/aromatic N) is 1. The van der Waals surface area contributed by atoms with Crippen LogP contribution in [0.4, 0.5) is 0 Å². The predicted octanol–water partition coefficient (Wildman–Crippen LogP) is 2.30. The number of rotatable bonds is 0. The van der Waals surface area contributed by atoms with Crippen molar-refractivity contribution in [2.75, 3.05) is 0 Å². The second-order valence-corrected chi connectivity index (χ2v) is 3.25. The first-order valence-electron chi connectivity index (χ1n) is 2.01. The molecule has 0 bridgehead atoms. The van der Waals surface area contributed by atoms with E-state index in [1.807, 2.05) is 16.9 Å². The van der Waals surface area contributed by atoms with E-state index in [9.17, 15) is 0 Å². The Labute approximate surface area is 56.5 Å². The molecule has 0 radical (unpaired) electrons. The van der Waals surface area contributed by atoms with Gasteiger partial charge in [0.1, 0.15) is 0 Å². The van der Waals surface area contributed by atoms with E-state index in [0.717, 1.165) is 4.24 Å². The normalized spacial score (nSPS) is 16.1. The van der Waals surface area contributed by atoms with Gasteiger partial charge in [-0.1, -0.05) is 23.5 Å². The summed E-state index contributed by atoms with van der Waals surface area (Å²) in [6.07, 6.45) is 1.55. The molecule has 0 fully saturated rings. The molecule has 0 spiro atoms. The van der Waals surface area contributed by atoms with E-state index >= 15 is 0 Å². The minimum Gasteiger partial charge on any atom is -0.193 e. The molecule has 40 valence electrons. The number of hydrogen-bond donors (Lipinski definition) is 0. The lowest BCUT2D eigenvalue weighted by Gasteiger charge is -1.82. The Kier molecular flexibility index (Phi) is 2.07. The molecule has 3 heteroatoms. The van der Waals surface area contributed by atoms with Gasteiger partial charge in [-0.15, -0.1) is 0 Å². The van der Waals surface area contributed by atoms with Gasteiger partial charge in [-0.05, 0) is 10.8 Å². The fraction of sp³-hybridized carbons (Fsp3) is 0. The largest absolute Gasteiger partial charge is 0.193 e. The van der Waals surface area contributed by atoms with Gasteiger partial charge in [-0.3, -0.25) is 0 Å². The number of allylic oxidation sites excluding steroid dienone is 1. The van der Waals surface area contributed by atoms with Gasteiger partial charge < -0.3 is 0 Å². The van der Waals surface area contributed by atoms with E-state index in [0.29, 0.717) is 0 Å². The smallest absolute Gasteiger partial charge is 0.0929 e. The summed E-state index contributed by atoms with van der Waals surface area (Å²) < 4.78 is 1.06. The lowest BCUT2D eigenvalue weighted by molar-refractivity contribution is 1.54.